The molecule has 2 rings (SSSR count). The van der Waals surface area contributed by atoms with Crippen LogP contribution in [0.1, 0.15) is 46.8 Å². The Morgan fingerprint density at radius 1 is 1.00 bits per heavy atom. The van der Waals surface area contributed by atoms with Crippen LogP contribution in [0.4, 0.5) is 5.69 Å². The fourth-order valence-electron chi connectivity index (χ4n) is 3.08. The number of anilines is 1. The molecule has 2 N–H and O–H groups in total. The number of hydrogen-bond acceptors (Lipinski definition) is 4. The van der Waals surface area contributed by atoms with E-state index in [0.717, 1.165) is 35.2 Å². The predicted octanol–water partition coefficient (Wildman–Crippen LogP) is 4.17. The van der Waals surface area contributed by atoms with Crippen LogP contribution >= 0.6 is 0 Å². The lowest BCUT2D eigenvalue weighted by Crippen LogP contribution is -2.33. The van der Waals surface area contributed by atoms with Gasteiger partial charge in [-0.2, -0.15) is 0 Å². The van der Waals surface area contributed by atoms with Gasteiger partial charge >= 0.3 is 0 Å². The molecule has 0 aromatic heterocycles. The van der Waals surface area contributed by atoms with Crippen molar-refractivity contribution in [2.75, 3.05) is 25.6 Å². The number of hydrogen-bond donors (Lipinski definition) is 2. The van der Waals surface area contributed by atoms with E-state index in [9.17, 15) is 9.59 Å². The van der Waals surface area contributed by atoms with Crippen LogP contribution in [-0.2, 0) is 4.79 Å². The molecule has 6 heteroatoms. The lowest BCUT2D eigenvalue weighted by atomic mass is 10.1. The monoisotopic (exact) mass is 398 g/mol. The van der Waals surface area contributed by atoms with Crippen molar-refractivity contribution in [2.24, 2.45) is 0 Å². The third-order valence-electron chi connectivity index (χ3n) is 4.53. The van der Waals surface area contributed by atoms with Crippen LogP contribution in [0.3, 0.4) is 0 Å². The normalized spacial score (nSPS) is 10.4. The Morgan fingerprint density at radius 2 is 1.69 bits per heavy atom. The van der Waals surface area contributed by atoms with Gasteiger partial charge in [-0.3, -0.25) is 9.59 Å². The topological polar surface area (TPSA) is 76.7 Å². The van der Waals surface area contributed by atoms with E-state index in [1.165, 1.54) is 7.11 Å². The molecular formula is C23H30N2O4. The predicted molar refractivity (Wildman–Crippen MR) is 115 cm³/mol. The van der Waals surface area contributed by atoms with Crippen LogP contribution in [-0.4, -0.2) is 32.1 Å². The third-order valence-corrected chi connectivity index (χ3v) is 4.53. The quantitative estimate of drug-likeness (QED) is 0.622. The number of unbranched alkanes of at least 4 members (excludes halogenated alkanes) is 1. The maximum atomic E-state index is 12.4. The van der Waals surface area contributed by atoms with Gasteiger partial charge in [0.1, 0.15) is 0 Å². The largest absolute Gasteiger partial charge is 0.493 e. The second kappa shape index (κ2) is 10.5. The molecule has 0 radical (unpaired) electrons. The van der Waals surface area contributed by atoms with Gasteiger partial charge < -0.3 is 20.1 Å². The number of ether oxygens (including phenoxy) is 2. The molecule has 2 aromatic rings. The summed E-state index contributed by atoms with van der Waals surface area (Å²) < 4.78 is 11.0. The summed E-state index contributed by atoms with van der Waals surface area (Å²) in [7, 11) is 1.53. The molecule has 0 heterocycles. The molecule has 0 bridgehead atoms. The molecule has 0 saturated carbocycles. The number of aryl methyl sites for hydroxylation is 3. The van der Waals surface area contributed by atoms with Crippen molar-refractivity contribution in [3.05, 3.63) is 52.6 Å². The fourth-order valence-corrected chi connectivity index (χ4v) is 3.08. The Labute approximate surface area is 172 Å². The molecule has 0 aliphatic rings. The van der Waals surface area contributed by atoms with Gasteiger partial charge in [-0.05, 0) is 56.5 Å². The Kier molecular flexibility index (Phi) is 8.07. The number of benzene rings is 2. The summed E-state index contributed by atoms with van der Waals surface area (Å²) in [4.78, 5) is 24.7. The maximum absolute atomic E-state index is 12.4. The van der Waals surface area contributed by atoms with Crippen molar-refractivity contribution in [1.82, 2.24) is 5.32 Å². The van der Waals surface area contributed by atoms with Gasteiger partial charge in [0, 0.05) is 11.3 Å². The van der Waals surface area contributed by atoms with Gasteiger partial charge in [-0.15, -0.1) is 0 Å². The summed E-state index contributed by atoms with van der Waals surface area (Å²) in [6.07, 6.45) is 1.98. The van der Waals surface area contributed by atoms with E-state index in [-0.39, 0.29) is 18.4 Å². The van der Waals surface area contributed by atoms with E-state index in [2.05, 4.69) is 17.6 Å². The zero-order valence-electron chi connectivity index (χ0n) is 17.8. The Morgan fingerprint density at radius 3 is 2.31 bits per heavy atom. The SMILES string of the molecule is CCCCOc1ccc(C(=O)NCC(=O)Nc2c(C)cc(C)cc2C)cc1OC. The number of nitrogens with one attached hydrogen (secondary N) is 2. The van der Waals surface area contributed by atoms with Gasteiger partial charge in [0.15, 0.2) is 11.5 Å². The molecule has 0 unspecified atom stereocenters. The highest BCUT2D eigenvalue weighted by Gasteiger charge is 2.13. The zero-order valence-corrected chi connectivity index (χ0v) is 17.8. The first-order valence-electron chi connectivity index (χ1n) is 9.82. The van der Waals surface area contributed by atoms with Crippen molar-refractivity contribution in [3.8, 4) is 11.5 Å². The molecule has 29 heavy (non-hydrogen) atoms. The highest BCUT2D eigenvalue weighted by Crippen LogP contribution is 2.28. The Balaban J connectivity index is 1.97. The second-order valence-electron chi connectivity index (χ2n) is 7.07. The third kappa shape index (κ3) is 6.24. The highest BCUT2D eigenvalue weighted by atomic mass is 16.5. The smallest absolute Gasteiger partial charge is 0.251 e. The molecule has 0 fully saturated rings. The molecule has 0 spiro atoms. The molecule has 0 aliphatic heterocycles. The second-order valence-corrected chi connectivity index (χ2v) is 7.07. The van der Waals surface area contributed by atoms with E-state index in [4.69, 9.17) is 9.47 Å². The zero-order chi connectivity index (χ0) is 21.4. The first kappa shape index (κ1) is 22.3. The lowest BCUT2D eigenvalue weighted by molar-refractivity contribution is -0.115. The minimum Gasteiger partial charge on any atom is -0.493 e. The molecular weight excluding hydrogens is 368 g/mol. The first-order chi connectivity index (χ1) is 13.8. The average molecular weight is 399 g/mol. The lowest BCUT2D eigenvalue weighted by Gasteiger charge is -2.14. The van der Waals surface area contributed by atoms with E-state index in [0.29, 0.717) is 23.7 Å². The average Bonchev–Trinajstić information content (AvgIpc) is 2.69. The molecule has 0 saturated heterocycles. The minimum absolute atomic E-state index is 0.122. The van der Waals surface area contributed by atoms with Crippen LogP contribution in [0.15, 0.2) is 30.3 Å². The van der Waals surface area contributed by atoms with Crippen LogP contribution in [0, 0.1) is 20.8 Å². The summed E-state index contributed by atoms with van der Waals surface area (Å²) in [6, 6.07) is 9.01. The van der Waals surface area contributed by atoms with Crippen LogP contribution in [0.5, 0.6) is 11.5 Å². The number of methoxy groups -OCH3 is 1. The highest BCUT2D eigenvalue weighted by molar-refractivity contribution is 6.00. The van der Waals surface area contributed by atoms with Gasteiger partial charge in [-0.25, -0.2) is 0 Å². The number of carbonyl (C=O) groups excluding carboxylic acids is 2. The summed E-state index contributed by atoms with van der Waals surface area (Å²) in [5.41, 5.74) is 4.31. The summed E-state index contributed by atoms with van der Waals surface area (Å²) in [5.74, 6) is 0.459. The molecule has 0 atom stereocenters. The van der Waals surface area contributed by atoms with Crippen LogP contribution < -0.4 is 20.1 Å². The van der Waals surface area contributed by atoms with Gasteiger partial charge in [0.05, 0.1) is 20.3 Å². The van der Waals surface area contributed by atoms with Crippen LogP contribution in [0.2, 0.25) is 0 Å². The van der Waals surface area contributed by atoms with Crippen molar-refractivity contribution in [2.45, 2.75) is 40.5 Å². The van der Waals surface area contributed by atoms with Gasteiger partial charge in [-0.1, -0.05) is 31.0 Å². The van der Waals surface area contributed by atoms with Gasteiger partial charge in [0.25, 0.3) is 5.91 Å². The molecule has 2 aromatic carbocycles. The molecule has 156 valence electrons. The Bertz CT molecular complexity index is 854. The summed E-state index contributed by atoms with van der Waals surface area (Å²) >= 11 is 0. The standard InChI is InChI=1S/C23H30N2O4/c1-6-7-10-29-19-9-8-18(13-20(19)28-5)23(27)24-14-21(26)25-22-16(3)11-15(2)12-17(22)4/h8-9,11-13H,6-7,10,14H2,1-5H3,(H,24,27)(H,25,26). The summed E-state index contributed by atoms with van der Waals surface area (Å²) in [5, 5.41) is 5.52. The molecule has 2 amide bonds. The molecule has 6 nitrogen and oxygen atoms in total. The van der Waals surface area contributed by atoms with E-state index < -0.39 is 0 Å². The van der Waals surface area contributed by atoms with E-state index in [1.54, 1.807) is 18.2 Å². The van der Waals surface area contributed by atoms with Crippen molar-refractivity contribution >= 4 is 17.5 Å². The van der Waals surface area contributed by atoms with Gasteiger partial charge in [0.2, 0.25) is 5.91 Å². The number of carbonyl (C=O) groups is 2. The van der Waals surface area contributed by atoms with E-state index in [1.807, 2.05) is 32.9 Å². The summed E-state index contributed by atoms with van der Waals surface area (Å²) in [6.45, 7) is 8.47. The molecule has 0 aliphatic carbocycles. The van der Waals surface area contributed by atoms with Crippen LogP contribution in [0.25, 0.3) is 0 Å². The van der Waals surface area contributed by atoms with E-state index >= 15 is 0 Å². The number of amides is 2. The maximum Gasteiger partial charge on any atom is 0.251 e. The first-order valence-corrected chi connectivity index (χ1v) is 9.82. The van der Waals surface area contributed by atoms with Crippen molar-refractivity contribution in [1.29, 1.82) is 0 Å². The minimum atomic E-state index is -0.351. The van der Waals surface area contributed by atoms with Crippen molar-refractivity contribution < 1.29 is 19.1 Å². The number of rotatable bonds is 9. The Hall–Kier alpha value is -3.02. The van der Waals surface area contributed by atoms with Crippen molar-refractivity contribution in [3.63, 3.8) is 0 Å². The fraction of sp³-hybridized carbons (Fsp3) is 0.391.